The smallest absolute Gasteiger partial charge is 0.351 e. The van der Waals surface area contributed by atoms with Crippen molar-refractivity contribution in [2.24, 2.45) is 0 Å². The van der Waals surface area contributed by atoms with Gasteiger partial charge in [0.05, 0.1) is 12.7 Å². The molecule has 0 amide bonds. The van der Waals surface area contributed by atoms with Crippen LogP contribution in [0.1, 0.15) is 0 Å². The zero-order valence-corrected chi connectivity index (χ0v) is 10.4. The molecule has 0 aromatic carbocycles. The highest BCUT2D eigenvalue weighted by Gasteiger charge is 2.53. The minimum absolute atomic E-state index is 1.62. The average molecular weight is 318 g/mol. The lowest BCUT2D eigenvalue weighted by atomic mass is 10.7. The molecule has 114 valence electrons. The second-order valence-electron chi connectivity index (χ2n) is 2.86. The number of rotatable bonds is 2. The van der Waals surface area contributed by atoms with Crippen LogP contribution in [-0.2, 0) is 10.1 Å². The highest BCUT2D eigenvalue weighted by Crippen LogP contribution is 2.27. The molecule has 3 N–H and O–H groups in total. The van der Waals surface area contributed by atoms with E-state index in [0.29, 0.717) is 0 Å². The maximum Gasteiger partial charge on any atom is 0.428 e. The highest BCUT2D eigenvalue weighted by atomic mass is 32.2. The molecule has 12 heteroatoms. The van der Waals surface area contributed by atoms with E-state index in [4.69, 9.17) is 4.55 Å². The van der Waals surface area contributed by atoms with Crippen LogP contribution in [0.5, 0.6) is 0 Å². The molecule has 0 aliphatic rings. The van der Waals surface area contributed by atoms with Crippen LogP contribution in [0.2, 0.25) is 0 Å². The van der Waals surface area contributed by atoms with E-state index in [0.717, 1.165) is 0 Å². The number of hydrogen-bond acceptors (Lipinski definition) is 4. The van der Waals surface area contributed by atoms with Crippen molar-refractivity contribution in [1.29, 1.82) is 0 Å². The second kappa shape index (κ2) is 8.27. The first-order valence-electron chi connectivity index (χ1n) is 4.68. The van der Waals surface area contributed by atoms with Gasteiger partial charge in [0.2, 0.25) is 0 Å². The Balaban J connectivity index is 0.000000298. The summed E-state index contributed by atoms with van der Waals surface area (Å²) in [4.78, 5) is 12.8. The fourth-order valence-electron chi connectivity index (χ4n) is 0.543. The van der Waals surface area contributed by atoms with E-state index in [1.165, 1.54) is 0 Å². The van der Waals surface area contributed by atoms with Gasteiger partial charge in [-0.15, -0.1) is 0 Å². The Bertz CT molecular complexity index is 469. The van der Waals surface area contributed by atoms with Gasteiger partial charge >= 0.3 is 21.8 Å². The molecule has 0 bridgehead atoms. The number of imidazole rings is 2. The van der Waals surface area contributed by atoms with Crippen molar-refractivity contribution in [3.8, 4) is 0 Å². The molecule has 0 saturated carbocycles. The van der Waals surface area contributed by atoms with Crippen molar-refractivity contribution >= 4 is 10.1 Å². The second-order valence-corrected chi connectivity index (χ2v) is 4.35. The Hall–Kier alpha value is -1.95. The molecule has 0 unspecified atom stereocenters. The fraction of sp³-hybridized carbons (Fsp3) is 0.250. The first-order chi connectivity index (χ1) is 9.19. The van der Waals surface area contributed by atoms with Crippen molar-refractivity contribution in [3.05, 3.63) is 37.4 Å². The normalized spacial score (nSPS) is 11.1. The van der Waals surface area contributed by atoms with Crippen LogP contribution in [0.4, 0.5) is 17.6 Å². The zero-order chi connectivity index (χ0) is 15.6. The lowest BCUT2D eigenvalue weighted by Gasteiger charge is -2.09. The summed E-state index contributed by atoms with van der Waals surface area (Å²) < 4.78 is 71.3. The molecule has 0 spiro atoms. The lowest BCUT2D eigenvalue weighted by molar-refractivity contribution is -0.0687. The van der Waals surface area contributed by atoms with Gasteiger partial charge in [0.15, 0.2) is 0 Å². The summed E-state index contributed by atoms with van der Waals surface area (Å²) in [6, 6.07) is 0. The van der Waals surface area contributed by atoms with Gasteiger partial charge in [-0.2, -0.15) is 17.2 Å². The monoisotopic (exact) mass is 318 g/mol. The molecule has 0 aliphatic heterocycles. The van der Waals surface area contributed by atoms with Gasteiger partial charge in [-0.05, 0) is 0 Å². The predicted molar refractivity (Wildman–Crippen MR) is 59.7 cm³/mol. The molecule has 2 rings (SSSR count). The van der Waals surface area contributed by atoms with Gasteiger partial charge in [0.25, 0.3) is 0 Å². The summed E-state index contributed by atoms with van der Waals surface area (Å²) in [6.45, 7) is 0. The van der Waals surface area contributed by atoms with E-state index in [9.17, 15) is 26.0 Å². The van der Waals surface area contributed by atoms with E-state index >= 15 is 0 Å². The topological polar surface area (TPSA) is 112 Å². The molecule has 0 aliphatic carbocycles. The molecular formula is C8H10F4N4O3S. The molecule has 20 heavy (non-hydrogen) atoms. The van der Waals surface area contributed by atoms with Gasteiger partial charge in [-0.3, -0.25) is 4.55 Å². The van der Waals surface area contributed by atoms with Crippen molar-refractivity contribution in [2.75, 3.05) is 0 Å². The summed E-state index contributed by atoms with van der Waals surface area (Å²) in [7, 11) is -5.98. The largest absolute Gasteiger partial charge is 0.428 e. The Morgan fingerprint density at radius 1 is 1.05 bits per heavy atom. The van der Waals surface area contributed by atoms with E-state index < -0.39 is 21.8 Å². The minimum Gasteiger partial charge on any atom is -0.351 e. The number of halogens is 4. The van der Waals surface area contributed by atoms with Crippen LogP contribution in [0.3, 0.4) is 0 Å². The van der Waals surface area contributed by atoms with Gasteiger partial charge < -0.3 is 9.97 Å². The van der Waals surface area contributed by atoms with Gasteiger partial charge in [0, 0.05) is 24.8 Å². The molecule has 2 heterocycles. The van der Waals surface area contributed by atoms with Crippen molar-refractivity contribution in [3.63, 3.8) is 0 Å². The number of nitrogens with one attached hydrogen (secondary N) is 2. The fourth-order valence-corrected chi connectivity index (χ4v) is 0.768. The van der Waals surface area contributed by atoms with Crippen LogP contribution in [0, 0.1) is 0 Å². The Morgan fingerprint density at radius 2 is 1.45 bits per heavy atom. The third-order valence-electron chi connectivity index (χ3n) is 1.41. The summed E-state index contributed by atoms with van der Waals surface area (Å²) in [5.74, 6) is 0. The van der Waals surface area contributed by atoms with Crippen molar-refractivity contribution < 1.29 is 30.5 Å². The lowest BCUT2D eigenvalue weighted by Crippen LogP contribution is -2.35. The molecule has 2 aromatic rings. The third kappa shape index (κ3) is 6.84. The molecule has 0 saturated heterocycles. The number of aromatic nitrogens is 4. The molecule has 0 atom stereocenters. The molecule has 2 aromatic heterocycles. The summed E-state index contributed by atoms with van der Waals surface area (Å²) >= 11 is 0. The van der Waals surface area contributed by atoms with E-state index in [-0.39, 0.29) is 0 Å². The molecule has 0 radical (unpaired) electrons. The van der Waals surface area contributed by atoms with Crippen LogP contribution in [0.15, 0.2) is 37.4 Å². The number of alkyl halides is 4. The molecule has 7 nitrogen and oxygen atoms in total. The Labute approximate surface area is 110 Å². The zero-order valence-electron chi connectivity index (χ0n) is 9.62. The standard InChI is InChI=1S/2C3H4N2.C2H2F4O3S/c2*1-2-5-3-4-1;3-1(4)2(5,6)10(7,8)9/h2*1-3H,(H,4,5);1H,(H,7,8,9). The van der Waals surface area contributed by atoms with Gasteiger partial charge in [-0.25, -0.2) is 18.7 Å². The maximum absolute atomic E-state index is 11.5. The first kappa shape index (κ1) is 18.0. The van der Waals surface area contributed by atoms with Crippen molar-refractivity contribution in [1.82, 2.24) is 19.9 Å². The number of nitrogens with zero attached hydrogens (tertiary/aromatic N) is 2. The van der Waals surface area contributed by atoms with Gasteiger partial charge in [-0.1, -0.05) is 0 Å². The summed E-state index contributed by atoms with van der Waals surface area (Å²) in [5.41, 5.74) is 0. The van der Waals surface area contributed by atoms with Crippen LogP contribution < -0.4 is 0 Å². The van der Waals surface area contributed by atoms with E-state index in [1.807, 2.05) is 0 Å². The molecule has 0 fully saturated rings. The Kier molecular flexibility index (Phi) is 7.46. The van der Waals surface area contributed by atoms with Crippen LogP contribution in [-0.4, -0.2) is 44.6 Å². The number of hydrogen-bond donors (Lipinski definition) is 3. The Morgan fingerprint density at radius 3 is 1.50 bits per heavy atom. The van der Waals surface area contributed by atoms with Crippen molar-refractivity contribution in [2.45, 2.75) is 11.7 Å². The summed E-state index contributed by atoms with van der Waals surface area (Å²) in [6.07, 6.45) is 5.75. The van der Waals surface area contributed by atoms with Crippen LogP contribution >= 0.6 is 0 Å². The van der Waals surface area contributed by atoms with E-state index in [1.54, 1.807) is 37.4 Å². The minimum atomic E-state index is -5.98. The van der Waals surface area contributed by atoms with Gasteiger partial charge in [0.1, 0.15) is 0 Å². The highest BCUT2D eigenvalue weighted by molar-refractivity contribution is 7.86. The first-order valence-corrected chi connectivity index (χ1v) is 6.12. The average Bonchev–Trinajstić information content (AvgIpc) is 3.06. The van der Waals surface area contributed by atoms with Crippen LogP contribution in [0.25, 0.3) is 0 Å². The third-order valence-corrected chi connectivity index (χ3v) is 2.28. The number of H-pyrrole nitrogens is 2. The predicted octanol–water partition coefficient (Wildman–Crippen LogP) is 1.55. The maximum atomic E-state index is 11.5. The van der Waals surface area contributed by atoms with E-state index in [2.05, 4.69) is 19.9 Å². The SMILES string of the molecule is O=S(=O)(O)C(F)(F)C(F)F.c1c[nH]cn1.c1c[nH]cn1. The quantitative estimate of drug-likeness (QED) is 0.574. The number of aromatic amines is 2. The summed E-state index contributed by atoms with van der Waals surface area (Å²) in [5, 5.41) is -5.37. The molecular weight excluding hydrogens is 308 g/mol.